The van der Waals surface area contributed by atoms with Crippen molar-refractivity contribution in [2.45, 2.75) is 40.2 Å². The topological polar surface area (TPSA) is 48.2 Å². The quantitative estimate of drug-likeness (QED) is 0.516. The van der Waals surface area contributed by atoms with Gasteiger partial charge in [0.1, 0.15) is 5.75 Å². The first kappa shape index (κ1) is 19.2. The van der Waals surface area contributed by atoms with E-state index in [9.17, 15) is 0 Å². The second kappa shape index (κ2) is 8.30. The van der Waals surface area contributed by atoms with Crippen LogP contribution >= 0.6 is 15.9 Å². The summed E-state index contributed by atoms with van der Waals surface area (Å²) in [5.41, 5.74) is 3.72. The van der Waals surface area contributed by atoms with Crippen molar-refractivity contribution >= 4 is 21.5 Å². The summed E-state index contributed by atoms with van der Waals surface area (Å²) in [6, 6.07) is 5.70. The van der Waals surface area contributed by atoms with Crippen LogP contribution in [0.4, 0.5) is 0 Å². The van der Waals surface area contributed by atoms with Gasteiger partial charge in [0.25, 0.3) is 5.89 Å². The van der Waals surface area contributed by atoms with Gasteiger partial charge in [0, 0.05) is 11.1 Å². The lowest BCUT2D eigenvalue weighted by Crippen LogP contribution is -2.05. The number of nitrogens with zero attached hydrogens (tertiary/aromatic N) is 2. The molecular formula is C20H23BrN2O2. The van der Waals surface area contributed by atoms with Crippen molar-refractivity contribution in [3.05, 3.63) is 58.9 Å². The first-order valence-corrected chi connectivity index (χ1v) is 8.98. The summed E-state index contributed by atoms with van der Waals surface area (Å²) in [5.74, 6) is 1.74. The first-order chi connectivity index (χ1) is 11.9. The molecule has 25 heavy (non-hydrogen) atoms. The molecular weight excluding hydrogens is 380 g/mol. The molecule has 1 aromatic carbocycles. The molecule has 0 aliphatic rings. The molecule has 2 rings (SSSR count). The van der Waals surface area contributed by atoms with Gasteiger partial charge in [-0.25, -0.2) is 0 Å². The zero-order valence-corrected chi connectivity index (χ0v) is 16.7. The molecule has 0 spiro atoms. The zero-order valence-electron chi connectivity index (χ0n) is 15.1. The Morgan fingerprint density at radius 1 is 1.40 bits per heavy atom. The number of ether oxygens (including phenoxy) is 1. The van der Waals surface area contributed by atoms with Crippen LogP contribution in [0.25, 0.3) is 17.0 Å². The van der Waals surface area contributed by atoms with Gasteiger partial charge >= 0.3 is 0 Å². The Balaban J connectivity index is 2.40. The Bertz CT molecular complexity index is 819. The average Bonchev–Trinajstić information content (AvgIpc) is 3.03. The third-order valence-corrected chi connectivity index (χ3v) is 4.23. The molecule has 0 atom stereocenters. The molecule has 4 nitrogen and oxygen atoms in total. The highest BCUT2D eigenvalue weighted by Crippen LogP contribution is 2.32. The third kappa shape index (κ3) is 4.48. The minimum atomic E-state index is 0.104. The second-order valence-electron chi connectivity index (χ2n) is 5.97. The van der Waals surface area contributed by atoms with Crippen LogP contribution in [0.2, 0.25) is 0 Å². The molecule has 0 fully saturated rings. The monoisotopic (exact) mass is 402 g/mol. The maximum atomic E-state index is 5.73. The van der Waals surface area contributed by atoms with E-state index >= 15 is 0 Å². The number of aromatic nitrogens is 2. The lowest BCUT2D eigenvalue weighted by Gasteiger charge is -2.11. The standard InChI is InChI=1S/C20H23BrN2O2/c1-7-15(12(3)4)16(8-2)19-22-20(25-23-19)14-9-10-18(17(21)11-14)24-13(5)6/h8-11,13H,2-3,7H2,1,4-6H3/b16-15+. The van der Waals surface area contributed by atoms with E-state index in [1.165, 1.54) is 0 Å². The third-order valence-electron chi connectivity index (χ3n) is 3.61. The SMILES string of the molecule is C=C/C(=C(/CC)C(=C)C)c1noc(-c2ccc(OC(C)C)c(Br)c2)n1. The van der Waals surface area contributed by atoms with Crippen molar-refractivity contribution in [3.8, 4) is 17.2 Å². The van der Waals surface area contributed by atoms with Gasteiger partial charge in [0.15, 0.2) is 0 Å². The lowest BCUT2D eigenvalue weighted by atomic mass is 9.99. The van der Waals surface area contributed by atoms with E-state index in [0.29, 0.717) is 11.7 Å². The minimum Gasteiger partial charge on any atom is -0.490 e. The van der Waals surface area contributed by atoms with Gasteiger partial charge in [-0.05, 0) is 66.9 Å². The number of benzene rings is 1. The summed E-state index contributed by atoms with van der Waals surface area (Å²) >= 11 is 3.52. The molecule has 0 aliphatic carbocycles. The molecule has 2 aromatic rings. The van der Waals surface area contributed by atoms with Gasteiger partial charge in [-0.1, -0.05) is 36.9 Å². The predicted octanol–water partition coefficient (Wildman–Crippen LogP) is 6.21. The molecule has 0 aliphatic heterocycles. The van der Waals surface area contributed by atoms with Gasteiger partial charge in [-0.3, -0.25) is 0 Å². The van der Waals surface area contributed by atoms with Crippen molar-refractivity contribution in [2.75, 3.05) is 0 Å². The number of allylic oxidation sites excluding steroid dienone is 4. The Morgan fingerprint density at radius 3 is 2.64 bits per heavy atom. The number of hydrogen-bond donors (Lipinski definition) is 0. The smallest absolute Gasteiger partial charge is 0.258 e. The van der Waals surface area contributed by atoms with Crippen LogP contribution in [0, 0.1) is 0 Å². The molecule has 1 aromatic heterocycles. The molecule has 0 unspecified atom stereocenters. The highest BCUT2D eigenvalue weighted by Gasteiger charge is 2.15. The Morgan fingerprint density at radius 2 is 2.12 bits per heavy atom. The first-order valence-electron chi connectivity index (χ1n) is 8.19. The van der Waals surface area contributed by atoms with E-state index in [1.807, 2.05) is 39.0 Å². The largest absolute Gasteiger partial charge is 0.490 e. The van der Waals surface area contributed by atoms with Gasteiger partial charge in [-0.2, -0.15) is 4.98 Å². The van der Waals surface area contributed by atoms with E-state index in [-0.39, 0.29) is 6.10 Å². The van der Waals surface area contributed by atoms with Crippen LogP contribution in [-0.2, 0) is 0 Å². The fourth-order valence-corrected chi connectivity index (χ4v) is 2.98. The number of halogens is 1. The average molecular weight is 403 g/mol. The Hall–Kier alpha value is -2.14. The summed E-state index contributed by atoms with van der Waals surface area (Å²) in [7, 11) is 0. The van der Waals surface area contributed by atoms with Crippen molar-refractivity contribution in [1.82, 2.24) is 10.1 Å². The summed E-state index contributed by atoms with van der Waals surface area (Å²) in [5, 5.41) is 4.11. The summed E-state index contributed by atoms with van der Waals surface area (Å²) < 4.78 is 12.0. The zero-order chi connectivity index (χ0) is 18.6. The molecule has 0 N–H and O–H groups in total. The normalized spacial score (nSPS) is 12.1. The molecule has 1 heterocycles. The van der Waals surface area contributed by atoms with Gasteiger partial charge in [0.2, 0.25) is 5.82 Å². The van der Waals surface area contributed by atoms with E-state index in [2.05, 4.69) is 46.2 Å². The van der Waals surface area contributed by atoms with E-state index in [0.717, 1.165) is 38.9 Å². The molecule has 0 bridgehead atoms. The molecule has 0 amide bonds. The van der Waals surface area contributed by atoms with Crippen molar-refractivity contribution < 1.29 is 9.26 Å². The Kier molecular flexibility index (Phi) is 6.37. The maximum Gasteiger partial charge on any atom is 0.258 e. The van der Waals surface area contributed by atoms with E-state index in [1.54, 1.807) is 6.08 Å². The predicted molar refractivity (Wildman–Crippen MR) is 105 cm³/mol. The molecule has 0 saturated carbocycles. The van der Waals surface area contributed by atoms with Crippen molar-refractivity contribution in [3.63, 3.8) is 0 Å². The van der Waals surface area contributed by atoms with Gasteiger partial charge in [-0.15, -0.1) is 0 Å². The fraction of sp³-hybridized carbons (Fsp3) is 0.300. The van der Waals surface area contributed by atoms with Gasteiger partial charge < -0.3 is 9.26 Å². The Labute approximate surface area is 157 Å². The summed E-state index contributed by atoms with van der Waals surface area (Å²) in [6.07, 6.45) is 2.68. The van der Waals surface area contributed by atoms with Crippen LogP contribution in [0.3, 0.4) is 0 Å². The van der Waals surface area contributed by atoms with E-state index < -0.39 is 0 Å². The van der Waals surface area contributed by atoms with Crippen LogP contribution < -0.4 is 4.74 Å². The highest BCUT2D eigenvalue weighted by molar-refractivity contribution is 9.10. The summed E-state index contributed by atoms with van der Waals surface area (Å²) in [4.78, 5) is 4.52. The lowest BCUT2D eigenvalue weighted by molar-refractivity contribution is 0.241. The molecule has 0 radical (unpaired) electrons. The molecule has 5 heteroatoms. The van der Waals surface area contributed by atoms with Gasteiger partial charge in [0.05, 0.1) is 10.6 Å². The van der Waals surface area contributed by atoms with E-state index in [4.69, 9.17) is 9.26 Å². The van der Waals surface area contributed by atoms with Crippen molar-refractivity contribution in [1.29, 1.82) is 0 Å². The number of rotatable bonds is 7. The van der Waals surface area contributed by atoms with Crippen LogP contribution in [-0.4, -0.2) is 16.2 Å². The van der Waals surface area contributed by atoms with Crippen LogP contribution in [0.5, 0.6) is 5.75 Å². The maximum absolute atomic E-state index is 5.73. The fourth-order valence-electron chi connectivity index (χ4n) is 2.51. The van der Waals surface area contributed by atoms with Crippen LogP contribution in [0.1, 0.15) is 39.9 Å². The highest BCUT2D eigenvalue weighted by atomic mass is 79.9. The molecule has 132 valence electrons. The minimum absolute atomic E-state index is 0.104. The van der Waals surface area contributed by atoms with Crippen molar-refractivity contribution in [2.24, 2.45) is 0 Å². The second-order valence-corrected chi connectivity index (χ2v) is 6.82. The summed E-state index contributed by atoms with van der Waals surface area (Å²) in [6.45, 7) is 15.9. The number of hydrogen-bond acceptors (Lipinski definition) is 4. The molecule has 0 saturated heterocycles. The van der Waals surface area contributed by atoms with Crippen LogP contribution in [0.15, 0.2) is 57.6 Å².